The summed E-state index contributed by atoms with van der Waals surface area (Å²) in [5.41, 5.74) is 2.12. The third kappa shape index (κ3) is 3.34. The Hall–Kier alpha value is -2.12. The van der Waals surface area contributed by atoms with Gasteiger partial charge in [0.2, 0.25) is 5.91 Å². The average molecular weight is 371 g/mol. The SMILES string of the molecule is COc1cccc(NC(=O)CSc2ncnc3sc4c(c23)CCC4)c1. The molecule has 1 aliphatic carbocycles. The Bertz CT molecular complexity index is 939. The van der Waals surface area contributed by atoms with Crippen molar-refractivity contribution in [3.8, 4) is 5.75 Å². The normalized spacial score (nSPS) is 13.0. The van der Waals surface area contributed by atoms with Crippen LogP contribution in [-0.4, -0.2) is 28.7 Å². The number of amides is 1. The van der Waals surface area contributed by atoms with Crippen molar-refractivity contribution < 1.29 is 9.53 Å². The van der Waals surface area contributed by atoms with Gasteiger partial charge in [0.15, 0.2) is 0 Å². The van der Waals surface area contributed by atoms with Crippen molar-refractivity contribution in [3.05, 3.63) is 41.0 Å². The van der Waals surface area contributed by atoms with Gasteiger partial charge in [-0.05, 0) is 37.0 Å². The number of fused-ring (bicyclic) bond motifs is 3. The van der Waals surface area contributed by atoms with Gasteiger partial charge in [-0.3, -0.25) is 4.79 Å². The van der Waals surface area contributed by atoms with E-state index < -0.39 is 0 Å². The van der Waals surface area contributed by atoms with Gasteiger partial charge in [0.25, 0.3) is 0 Å². The molecule has 5 nitrogen and oxygen atoms in total. The van der Waals surface area contributed by atoms with E-state index in [2.05, 4.69) is 15.3 Å². The molecule has 1 aromatic carbocycles. The molecule has 0 unspecified atom stereocenters. The summed E-state index contributed by atoms with van der Waals surface area (Å²) in [7, 11) is 1.61. The van der Waals surface area contributed by atoms with E-state index in [0.717, 1.165) is 39.5 Å². The van der Waals surface area contributed by atoms with Gasteiger partial charge >= 0.3 is 0 Å². The average Bonchev–Trinajstić information content (AvgIpc) is 3.21. The highest BCUT2D eigenvalue weighted by atomic mass is 32.2. The van der Waals surface area contributed by atoms with Crippen LogP contribution in [0.3, 0.4) is 0 Å². The highest BCUT2D eigenvalue weighted by Crippen LogP contribution is 2.39. The molecule has 25 heavy (non-hydrogen) atoms. The molecule has 0 radical (unpaired) electrons. The van der Waals surface area contributed by atoms with E-state index in [4.69, 9.17) is 4.74 Å². The molecule has 2 heterocycles. The molecule has 4 rings (SSSR count). The third-order valence-corrected chi connectivity index (χ3v) is 6.35. The fourth-order valence-electron chi connectivity index (χ4n) is 3.04. The molecule has 0 fully saturated rings. The lowest BCUT2D eigenvalue weighted by atomic mass is 10.2. The summed E-state index contributed by atoms with van der Waals surface area (Å²) in [4.78, 5) is 23.6. The molecule has 0 atom stereocenters. The molecule has 3 aromatic rings. The highest BCUT2D eigenvalue weighted by Gasteiger charge is 2.21. The van der Waals surface area contributed by atoms with Crippen molar-refractivity contribution in [2.24, 2.45) is 0 Å². The van der Waals surface area contributed by atoms with Crippen molar-refractivity contribution in [2.75, 3.05) is 18.2 Å². The first-order valence-corrected chi connectivity index (χ1v) is 9.87. The number of rotatable bonds is 5. The van der Waals surface area contributed by atoms with Gasteiger partial charge in [-0.1, -0.05) is 17.8 Å². The molecule has 0 aliphatic heterocycles. The molecular weight excluding hydrogens is 354 g/mol. The second-order valence-corrected chi connectivity index (χ2v) is 7.83. The second-order valence-electron chi connectivity index (χ2n) is 5.79. The Kier molecular flexibility index (Phi) is 4.59. The first-order chi connectivity index (χ1) is 12.2. The monoisotopic (exact) mass is 371 g/mol. The summed E-state index contributed by atoms with van der Waals surface area (Å²) in [6.07, 6.45) is 5.02. The van der Waals surface area contributed by atoms with E-state index in [-0.39, 0.29) is 5.91 Å². The van der Waals surface area contributed by atoms with Gasteiger partial charge in [0.05, 0.1) is 12.9 Å². The first kappa shape index (κ1) is 16.4. The molecule has 0 saturated heterocycles. The van der Waals surface area contributed by atoms with Crippen LogP contribution in [0.25, 0.3) is 10.2 Å². The van der Waals surface area contributed by atoms with E-state index in [0.29, 0.717) is 5.75 Å². The predicted molar refractivity (Wildman–Crippen MR) is 102 cm³/mol. The number of carbonyl (C=O) groups is 1. The zero-order valence-electron chi connectivity index (χ0n) is 13.7. The fourth-order valence-corrected chi connectivity index (χ4v) is 5.16. The van der Waals surface area contributed by atoms with Crippen LogP contribution in [0.1, 0.15) is 16.9 Å². The molecular formula is C18H17N3O2S2. The number of carbonyl (C=O) groups excluding carboxylic acids is 1. The number of nitrogens with one attached hydrogen (secondary N) is 1. The van der Waals surface area contributed by atoms with Crippen LogP contribution in [0.15, 0.2) is 35.6 Å². The summed E-state index contributed by atoms with van der Waals surface area (Å²) in [5.74, 6) is 0.974. The van der Waals surface area contributed by atoms with Crippen LogP contribution >= 0.6 is 23.1 Å². The Balaban J connectivity index is 1.48. The zero-order valence-corrected chi connectivity index (χ0v) is 15.4. The predicted octanol–water partition coefficient (Wildman–Crippen LogP) is 3.92. The van der Waals surface area contributed by atoms with Crippen LogP contribution < -0.4 is 10.1 Å². The molecule has 0 spiro atoms. The number of anilines is 1. The summed E-state index contributed by atoms with van der Waals surface area (Å²) in [5, 5.41) is 4.96. The summed E-state index contributed by atoms with van der Waals surface area (Å²) in [6.45, 7) is 0. The number of nitrogens with zero attached hydrogens (tertiary/aromatic N) is 2. The Morgan fingerprint density at radius 3 is 3.16 bits per heavy atom. The van der Waals surface area contributed by atoms with E-state index >= 15 is 0 Å². The van der Waals surface area contributed by atoms with Crippen LogP contribution in [-0.2, 0) is 17.6 Å². The third-order valence-electron chi connectivity index (χ3n) is 4.16. The van der Waals surface area contributed by atoms with Crippen molar-refractivity contribution >= 4 is 44.9 Å². The Morgan fingerprint density at radius 2 is 2.28 bits per heavy atom. The molecule has 128 valence electrons. The molecule has 2 aromatic heterocycles. The minimum absolute atomic E-state index is 0.0584. The van der Waals surface area contributed by atoms with E-state index in [9.17, 15) is 4.79 Å². The standard InChI is InChI=1S/C18H17N3O2S2/c1-23-12-5-2-4-11(8-12)21-15(22)9-24-17-16-13-6-3-7-14(13)25-18(16)20-10-19-17/h2,4-5,8,10H,3,6-7,9H2,1H3,(H,21,22). The Labute approximate surface area is 153 Å². The van der Waals surface area contributed by atoms with Crippen LogP contribution in [0.5, 0.6) is 5.75 Å². The number of thioether (sulfide) groups is 1. The maximum absolute atomic E-state index is 12.3. The van der Waals surface area contributed by atoms with E-state index in [1.807, 2.05) is 18.2 Å². The summed E-state index contributed by atoms with van der Waals surface area (Å²) in [6, 6.07) is 7.35. The van der Waals surface area contributed by atoms with Crippen LogP contribution in [0.4, 0.5) is 5.69 Å². The van der Waals surface area contributed by atoms with Gasteiger partial charge in [-0.2, -0.15) is 0 Å². The number of benzene rings is 1. The zero-order chi connectivity index (χ0) is 17.2. The molecule has 0 saturated carbocycles. The van der Waals surface area contributed by atoms with Gasteiger partial charge in [0.1, 0.15) is 21.9 Å². The quantitative estimate of drug-likeness (QED) is 0.544. The van der Waals surface area contributed by atoms with Gasteiger partial charge < -0.3 is 10.1 Å². The number of thiophene rings is 1. The topological polar surface area (TPSA) is 64.1 Å². The van der Waals surface area contributed by atoms with Crippen molar-refractivity contribution in [2.45, 2.75) is 24.3 Å². The highest BCUT2D eigenvalue weighted by molar-refractivity contribution is 8.00. The lowest BCUT2D eigenvalue weighted by molar-refractivity contribution is -0.113. The maximum Gasteiger partial charge on any atom is 0.234 e. The number of aromatic nitrogens is 2. The molecule has 0 bridgehead atoms. The Morgan fingerprint density at radius 1 is 1.36 bits per heavy atom. The number of hydrogen-bond acceptors (Lipinski definition) is 6. The molecule has 1 N–H and O–H groups in total. The van der Waals surface area contributed by atoms with Gasteiger partial charge in [-0.25, -0.2) is 9.97 Å². The lowest BCUT2D eigenvalue weighted by Gasteiger charge is -2.07. The smallest absolute Gasteiger partial charge is 0.234 e. The van der Waals surface area contributed by atoms with Gasteiger partial charge in [-0.15, -0.1) is 11.3 Å². The van der Waals surface area contributed by atoms with Crippen LogP contribution in [0, 0.1) is 0 Å². The minimum Gasteiger partial charge on any atom is -0.497 e. The number of methoxy groups -OCH3 is 1. The molecule has 1 amide bonds. The van der Waals surface area contributed by atoms with Crippen molar-refractivity contribution in [1.82, 2.24) is 9.97 Å². The largest absolute Gasteiger partial charge is 0.497 e. The van der Waals surface area contributed by atoms with Gasteiger partial charge in [0, 0.05) is 22.0 Å². The fraction of sp³-hybridized carbons (Fsp3) is 0.278. The number of aryl methyl sites for hydroxylation is 2. The summed E-state index contributed by atoms with van der Waals surface area (Å²) < 4.78 is 5.18. The number of hydrogen-bond donors (Lipinski definition) is 1. The maximum atomic E-state index is 12.3. The van der Waals surface area contributed by atoms with Crippen LogP contribution in [0.2, 0.25) is 0 Å². The first-order valence-electron chi connectivity index (χ1n) is 8.06. The van der Waals surface area contributed by atoms with Crippen molar-refractivity contribution in [1.29, 1.82) is 0 Å². The number of ether oxygens (including phenoxy) is 1. The molecule has 1 aliphatic rings. The second kappa shape index (κ2) is 7.01. The van der Waals surface area contributed by atoms with Crippen molar-refractivity contribution in [3.63, 3.8) is 0 Å². The van der Waals surface area contributed by atoms with E-state index in [1.54, 1.807) is 30.8 Å². The minimum atomic E-state index is -0.0584. The lowest BCUT2D eigenvalue weighted by Crippen LogP contribution is -2.14. The summed E-state index contributed by atoms with van der Waals surface area (Å²) >= 11 is 3.23. The molecule has 7 heteroatoms. The van der Waals surface area contributed by atoms with E-state index in [1.165, 1.54) is 28.6 Å².